The highest BCUT2D eigenvalue weighted by Gasteiger charge is 2.29. The molecule has 0 radical (unpaired) electrons. The van der Waals surface area contributed by atoms with E-state index in [-0.39, 0.29) is 0 Å². The monoisotopic (exact) mass is 524 g/mol. The minimum Gasteiger partial charge on any atom is -0.456 e. The van der Waals surface area contributed by atoms with Crippen LogP contribution in [0.1, 0.15) is 0 Å². The van der Waals surface area contributed by atoms with E-state index in [1.54, 1.807) is 24.8 Å². The molecule has 0 bridgehead atoms. The summed E-state index contributed by atoms with van der Waals surface area (Å²) in [6, 6.07) is 23.3. The van der Waals surface area contributed by atoms with E-state index < -0.39 is 0 Å². The van der Waals surface area contributed by atoms with Crippen molar-refractivity contribution in [1.29, 1.82) is 0 Å². The molecule has 9 aromatic rings. The average Bonchev–Trinajstić information content (AvgIpc) is 3.57. The van der Waals surface area contributed by atoms with Crippen molar-refractivity contribution in [2.45, 2.75) is 0 Å². The van der Waals surface area contributed by atoms with Gasteiger partial charge in [0.15, 0.2) is 0 Å². The molecule has 10 rings (SSSR count). The first kappa shape index (κ1) is 21.1. The minimum absolute atomic E-state index is 0.644. The second-order valence-corrected chi connectivity index (χ2v) is 10.3. The van der Waals surface area contributed by atoms with Gasteiger partial charge in [0.25, 0.3) is 0 Å². The molecule has 188 valence electrons. The van der Waals surface area contributed by atoms with E-state index in [1.165, 1.54) is 21.9 Å². The van der Waals surface area contributed by atoms with Crippen LogP contribution in [0.5, 0.6) is 0 Å². The van der Waals surface area contributed by atoms with E-state index in [9.17, 15) is 0 Å². The van der Waals surface area contributed by atoms with Gasteiger partial charge in [-0.1, -0.05) is 54.6 Å². The van der Waals surface area contributed by atoms with E-state index in [1.807, 2.05) is 24.4 Å². The van der Waals surface area contributed by atoms with E-state index in [0.29, 0.717) is 33.1 Å². The largest absolute Gasteiger partial charge is 0.456 e. The fourth-order valence-corrected chi connectivity index (χ4v) is 6.63. The molecule has 41 heavy (non-hydrogen) atoms. The van der Waals surface area contributed by atoms with Crippen molar-refractivity contribution in [3.05, 3.63) is 97.7 Å². The zero-order valence-corrected chi connectivity index (χ0v) is 21.3. The lowest BCUT2D eigenvalue weighted by molar-refractivity contribution is 0.669. The summed E-state index contributed by atoms with van der Waals surface area (Å²) in [6.07, 6.45) is 8.53. The van der Waals surface area contributed by atoms with Crippen molar-refractivity contribution in [3.8, 4) is 33.5 Å². The van der Waals surface area contributed by atoms with Crippen LogP contribution in [0, 0.1) is 0 Å². The number of fused-ring (bicyclic) bond motifs is 12. The Bertz CT molecular complexity index is 2560. The van der Waals surface area contributed by atoms with Crippen LogP contribution in [0.2, 0.25) is 0 Å². The van der Waals surface area contributed by atoms with Gasteiger partial charge in [-0.25, -0.2) is 9.97 Å². The molecule has 0 saturated heterocycles. The van der Waals surface area contributed by atoms with Crippen molar-refractivity contribution < 1.29 is 4.42 Å². The molecule has 4 aromatic heterocycles. The Kier molecular flexibility index (Phi) is 3.81. The SMILES string of the molecule is c1cc2c3c(cccc3c1)-c1c-2cc2oc3ccccc3c2c1-c1cnc2c3nccnc3c3nccnc3c2n1. The van der Waals surface area contributed by atoms with Crippen molar-refractivity contribution in [3.63, 3.8) is 0 Å². The molecule has 0 amide bonds. The molecule has 1 aliphatic rings. The van der Waals surface area contributed by atoms with Gasteiger partial charge < -0.3 is 4.42 Å². The van der Waals surface area contributed by atoms with Crippen molar-refractivity contribution in [2.75, 3.05) is 0 Å². The Morgan fingerprint density at radius 3 is 1.90 bits per heavy atom. The molecule has 0 fully saturated rings. The van der Waals surface area contributed by atoms with E-state index in [0.717, 1.165) is 44.3 Å². The van der Waals surface area contributed by atoms with Crippen LogP contribution in [0.25, 0.3) is 99.3 Å². The highest BCUT2D eigenvalue weighted by molar-refractivity contribution is 6.26. The molecule has 0 unspecified atom stereocenters. The van der Waals surface area contributed by atoms with Gasteiger partial charge in [-0.15, -0.1) is 0 Å². The highest BCUT2D eigenvalue weighted by atomic mass is 16.3. The van der Waals surface area contributed by atoms with Gasteiger partial charge in [0.2, 0.25) is 0 Å². The van der Waals surface area contributed by atoms with Gasteiger partial charge in [0.05, 0.1) is 11.9 Å². The number of hydrogen-bond acceptors (Lipinski definition) is 7. The van der Waals surface area contributed by atoms with Crippen LogP contribution in [-0.2, 0) is 0 Å². The number of benzene rings is 5. The van der Waals surface area contributed by atoms with Gasteiger partial charge in [-0.3, -0.25) is 19.9 Å². The molecule has 0 saturated carbocycles. The lowest BCUT2D eigenvalue weighted by Crippen LogP contribution is -1.98. The van der Waals surface area contributed by atoms with Crippen LogP contribution in [0.4, 0.5) is 0 Å². The topological polar surface area (TPSA) is 90.5 Å². The van der Waals surface area contributed by atoms with Crippen LogP contribution >= 0.6 is 0 Å². The summed E-state index contributed by atoms with van der Waals surface area (Å²) < 4.78 is 6.46. The molecule has 7 nitrogen and oxygen atoms in total. The number of para-hydroxylation sites is 1. The number of rotatable bonds is 1. The maximum atomic E-state index is 6.46. The maximum absolute atomic E-state index is 6.46. The van der Waals surface area contributed by atoms with Crippen molar-refractivity contribution in [1.82, 2.24) is 29.9 Å². The zero-order valence-electron chi connectivity index (χ0n) is 21.3. The fourth-order valence-electron chi connectivity index (χ4n) is 6.63. The van der Waals surface area contributed by atoms with Crippen LogP contribution in [0.3, 0.4) is 0 Å². The summed E-state index contributed by atoms with van der Waals surface area (Å²) >= 11 is 0. The van der Waals surface area contributed by atoms with Gasteiger partial charge in [-0.2, -0.15) is 0 Å². The molecular formula is C34H16N6O. The predicted octanol–water partition coefficient (Wildman–Crippen LogP) is 7.88. The summed E-state index contributed by atoms with van der Waals surface area (Å²) in [7, 11) is 0. The number of furan rings is 1. The Labute approximate surface area is 231 Å². The van der Waals surface area contributed by atoms with E-state index >= 15 is 0 Å². The maximum Gasteiger partial charge on any atom is 0.136 e. The minimum atomic E-state index is 0.644. The second-order valence-electron chi connectivity index (χ2n) is 10.3. The average molecular weight is 525 g/mol. The smallest absolute Gasteiger partial charge is 0.136 e. The summed E-state index contributed by atoms with van der Waals surface area (Å²) in [5.41, 5.74) is 12.0. The van der Waals surface area contributed by atoms with Crippen LogP contribution < -0.4 is 0 Å². The normalized spacial score (nSPS) is 12.4. The molecular weight excluding hydrogens is 508 g/mol. The lowest BCUT2D eigenvalue weighted by atomic mass is 9.92. The van der Waals surface area contributed by atoms with Crippen LogP contribution in [-0.4, -0.2) is 29.9 Å². The molecule has 7 heteroatoms. The van der Waals surface area contributed by atoms with Crippen LogP contribution in [0.15, 0.2) is 102 Å². The number of hydrogen-bond donors (Lipinski definition) is 0. The molecule has 0 atom stereocenters. The zero-order chi connectivity index (χ0) is 26.7. The van der Waals surface area contributed by atoms with Gasteiger partial charge in [-0.05, 0) is 39.6 Å². The molecule has 0 spiro atoms. The molecule has 4 heterocycles. The molecule has 1 aliphatic carbocycles. The summed E-state index contributed by atoms with van der Waals surface area (Å²) in [5.74, 6) is 0. The van der Waals surface area contributed by atoms with E-state index in [4.69, 9.17) is 14.4 Å². The Morgan fingerprint density at radius 2 is 1.15 bits per heavy atom. The fraction of sp³-hybridized carbons (Fsp3) is 0. The van der Waals surface area contributed by atoms with Gasteiger partial charge in [0.1, 0.15) is 44.3 Å². The molecule has 0 aliphatic heterocycles. The first-order valence-corrected chi connectivity index (χ1v) is 13.4. The molecule has 5 aromatic carbocycles. The van der Waals surface area contributed by atoms with Crippen molar-refractivity contribution >= 4 is 65.8 Å². The highest BCUT2D eigenvalue weighted by Crippen LogP contribution is 2.54. The van der Waals surface area contributed by atoms with E-state index in [2.05, 4.69) is 68.5 Å². The number of nitrogens with zero attached hydrogens (tertiary/aromatic N) is 6. The first-order valence-electron chi connectivity index (χ1n) is 13.4. The first-order chi connectivity index (χ1) is 20.3. The van der Waals surface area contributed by atoms with Gasteiger partial charge >= 0.3 is 0 Å². The Balaban J connectivity index is 1.42. The standard InChI is InChI=1S/C34H16N6O/c1-2-10-23-19(7-1)27-24(41-23)15-21-18-8-3-5-17-6-4-9-20(25(17)18)26(21)28(27)22-16-39-33-31-29(35-11-12-37-31)30-32(34(33)40-22)38-14-13-36-30/h1-16H. The summed E-state index contributed by atoms with van der Waals surface area (Å²) in [4.78, 5) is 28.7. The quantitative estimate of drug-likeness (QED) is 0.202. The lowest BCUT2D eigenvalue weighted by Gasteiger charge is -2.13. The third kappa shape index (κ3) is 2.62. The number of aromatic nitrogens is 6. The predicted molar refractivity (Wildman–Crippen MR) is 160 cm³/mol. The second kappa shape index (κ2) is 7.43. The molecule has 0 N–H and O–H groups in total. The third-order valence-corrected chi connectivity index (χ3v) is 8.23. The summed E-state index contributed by atoms with van der Waals surface area (Å²) in [6.45, 7) is 0. The van der Waals surface area contributed by atoms with Crippen molar-refractivity contribution in [2.24, 2.45) is 0 Å². The summed E-state index contributed by atoms with van der Waals surface area (Å²) in [5, 5.41) is 4.52. The Hall–Kier alpha value is -5.82. The van der Waals surface area contributed by atoms with Gasteiger partial charge in [0, 0.05) is 46.7 Å². The third-order valence-electron chi connectivity index (χ3n) is 8.23. The Morgan fingerprint density at radius 1 is 0.488 bits per heavy atom.